The topological polar surface area (TPSA) is 105 Å². The van der Waals surface area contributed by atoms with E-state index in [1.807, 2.05) is 33.3 Å². The minimum Gasteiger partial charge on any atom is -0.387 e. The van der Waals surface area contributed by atoms with Crippen LogP contribution in [0.25, 0.3) is 0 Å². The summed E-state index contributed by atoms with van der Waals surface area (Å²) in [6.07, 6.45) is 41.6. The molecule has 50 heavy (non-hydrogen) atoms. The average molecular weight is 724 g/mol. The zero-order chi connectivity index (χ0) is 37.2. The van der Waals surface area contributed by atoms with E-state index in [-0.39, 0.29) is 25.5 Å². The third-order valence-corrected chi connectivity index (χ3v) is 9.19. The zero-order valence-corrected chi connectivity index (χ0v) is 33.5. The molecule has 0 spiro atoms. The van der Waals surface area contributed by atoms with Gasteiger partial charge in [-0.1, -0.05) is 132 Å². The zero-order valence-electron chi connectivity index (χ0n) is 32.6. The Morgan fingerprint density at radius 1 is 0.680 bits per heavy atom. The molecule has 0 aromatic carbocycles. The van der Waals surface area contributed by atoms with Crippen LogP contribution in [0.15, 0.2) is 60.8 Å². The van der Waals surface area contributed by atoms with Gasteiger partial charge in [-0.05, 0) is 64.2 Å². The number of phosphoric ester groups is 1. The lowest BCUT2D eigenvalue weighted by Crippen LogP contribution is -2.45. The lowest BCUT2D eigenvalue weighted by Gasteiger charge is -2.25. The van der Waals surface area contributed by atoms with E-state index in [2.05, 4.69) is 61.7 Å². The van der Waals surface area contributed by atoms with Crippen LogP contribution in [-0.4, -0.2) is 73.4 Å². The van der Waals surface area contributed by atoms with Crippen LogP contribution in [0, 0.1) is 0 Å². The molecule has 3 N–H and O–H groups in total. The number of carbonyl (C=O) groups excluding carboxylic acids is 1. The quantitative estimate of drug-likeness (QED) is 0.0264. The normalized spacial score (nSPS) is 15.3. The highest BCUT2D eigenvalue weighted by molar-refractivity contribution is 7.47. The highest BCUT2D eigenvalue weighted by Crippen LogP contribution is 2.43. The number of phosphoric acid groups is 1. The van der Waals surface area contributed by atoms with E-state index in [1.165, 1.54) is 77.0 Å². The number of nitrogens with one attached hydrogen (secondary N) is 1. The fourth-order valence-electron chi connectivity index (χ4n) is 5.00. The van der Waals surface area contributed by atoms with E-state index in [9.17, 15) is 19.4 Å². The number of nitrogens with zero attached hydrogens (tertiary/aromatic N) is 1. The highest BCUT2D eigenvalue weighted by atomic mass is 31.2. The van der Waals surface area contributed by atoms with Crippen molar-refractivity contribution >= 4 is 13.7 Å². The molecule has 290 valence electrons. The van der Waals surface area contributed by atoms with Crippen molar-refractivity contribution in [2.45, 2.75) is 154 Å². The van der Waals surface area contributed by atoms with Gasteiger partial charge in [0, 0.05) is 6.42 Å². The number of likely N-dealkylation sites (N-methyl/N-ethyl adjacent to an activating group) is 1. The summed E-state index contributed by atoms with van der Waals surface area (Å²) in [5.74, 6) is -0.262. The van der Waals surface area contributed by atoms with E-state index < -0.39 is 20.0 Å². The highest BCUT2D eigenvalue weighted by Gasteiger charge is 2.27. The third kappa shape index (κ3) is 34.6. The number of allylic oxidation sites excluding steroid dienone is 9. The molecule has 0 radical (unpaired) electrons. The molecule has 8 nitrogen and oxygen atoms in total. The molecule has 3 atom stereocenters. The van der Waals surface area contributed by atoms with Crippen LogP contribution in [0.5, 0.6) is 0 Å². The molecule has 0 aliphatic rings. The van der Waals surface area contributed by atoms with E-state index in [0.717, 1.165) is 38.5 Å². The predicted molar refractivity (Wildman–Crippen MR) is 212 cm³/mol. The van der Waals surface area contributed by atoms with Gasteiger partial charge in [0.15, 0.2) is 0 Å². The summed E-state index contributed by atoms with van der Waals surface area (Å²) in [6, 6.07) is -0.899. The van der Waals surface area contributed by atoms with Crippen molar-refractivity contribution in [3.8, 4) is 0 Å². The molecule has 0 aliphatic heterocycles. The van der Waals surface area contributed by atoms with Crippen molar-refractivity contribution in [1.82, 2.24) is 5.32 Å². The van der Waals surface area contributed by atoms with Gasteiger partial charge in [0.05, 0.1) is 39.9 Å². The van der Waals surface area contributed by atoms with Crippen LogP contribution < -0.4 is 5.32 Å². The number of unbranched alkanes of at least 4 members (excludes halogenated alkanes) is 13. The maximum Gasteiger partial charge on any atom is 0.472 e. The van der Waals surface area contributed by atoms with Gasteiger partial charge in [-0.3, -0.25) is 13.8 Å². The molecule has 0 heterocycles. The van der Waals surface area contributed by atoms with E-state index in [0.29, 0.717) is 17.4 Å². The Morgan fingerprint density at radius 2 is 1.16 bits per heavy atom. The summed E-state index contributed by atoms with van der Waals surface area (Å²) in [4.78, 5) is 22.9. The van der Waals surface area contributed by atoms with Gasteiger partial charge in [-0.2, -0.15) is 0 Å². The van der Waals surface area contributed by atoms with Crippen LogP contribution in [0.1, 0.15) is 142 Å². The number of hydrogen-bond acceptors (Lipinski definition) is 5. The van der Waals surface area contributed by atoms with Gasteiger partial charge in [0.1, 0.15) is 13.2 Å². The predicted octanol–water partition coefficient (Wildman–Crippen LogP) is 10.3. The van der Waals surface area contributed by atoms with Crippen molar-refractivity contribution in [3.05, 3.63) is 60.8 Å². The number of carbonyl (C=O) groups is 1. The van der Waals surface area contributed by atoms with Crippen molar-refractivity contribution in [2.24, 2.45) is 0 Å². The van der Waals surface area contributed by atoms with Crippen LogP contribution >= 0.6 is 7.82 Å². The van der Waals surface area contributed by atoms with Gasteiger partial charge in [0.2, 0.25) is 5.91 Å². The number of aliphatic hydroxyl groups is 1. The fraction of sp³-hybridized carbons (Fsp3) is 0.732. The minimum atomic E-state index is -4.36. The summed E-state index contributed by atoms with van der Waals surface area (Å²) < 4.78 is 23.4. The second-order valence-corrected chi connectivity index (χ2v) is 15.7. The molecule has 9 heteroatoms. The van der Waals surface area contributed by atoms with Crippen molar-refractivity contribution in [2.75, 3.05) is 40.9 Å². The number of rotatable bonds is 34. The summed E-state index contributed by atoms with van der Waals surface area (Å²) in [5.41, 5.74) is 0. The Hall–Kier alpha value is -1.80. The fourth-order valence-corrected chi connectivity index (χ4v) is 5.74. The minimum absolute atomic E-state index is 0.0419. The molecule has 0 aliphatic carbocycles. The smallest absolute Gasteiger partial charge is 0.387 e. The second-order valence-electron chi connectivity index (χ2n) is 14.3. The molecular formula is C41H76N2O6P+. The maximum absolute atomic E-state index is 12.8. The second kappa shape index (κ2) is 33.1. The monoisotopic (exact) mass is 724 g/mol. The standard InChI is InChI=1S/C41H75N2O6P/c1-6-8-10-12-14-16-18-20-21-23-24-26-28-30-32-34-40(44)39(38-49-50(46,47)48-37-36-43(3,4)5)42-41(45)35-33-31-29-27-25-22-19-17-15-13-11-9-7-2/h18,20,22,24-26,29,31-32,34,39-40,44H,6-17,19,21,23,27-28,30,33,35-38H2,1-5H3,(H-,42,45,46,47)/p+1/b20-18+,25-22-,26-24+,31-29-,34-32+. The molecule has 0 saturated heterocycles. The lowest BCUT2D eigenvalue weighted by atomic mass is 10.1. The average Bonchev–Trinajstić information content (AvgIpc) is 3.06. The van der Waals surface area contributed by atoms with Crippen LogP contribution in [0.2, 0.25) is 0 Å². The Morgan fingerprint density at radius 3 is 1.72 bits per heavy atom. The number of quaternary nitrogens is 1. The third-order valence-electron chi connectivity index (χ3n) is 8.20. The lowest BCUT2D eigenvalue weighted by molar-refractivity contribution is -0.870. The molecule has 0 bridgehead atoms. The van der Waals surface area contributed by atoms with E-state index in [4.69, 9.17) is 9.05 Å². The summed E-state index contributed by atoms with van der Waals surface area (Å²) >= 11 is 0. The van der Waals surface area contributed by atoms with Gasteiger partial charge in [-0.15, -0.1) is 0 Å². The molecule has 0 saturated carbocycles. The first-order valence-corrected chi connectivity index (χ1v) is 21.2. The van der Waals surface area contributed by atoms with Crippen molar-refractivity contribution in [1.29, 1.82) is 0 Å². The molecular weight excluding hydrogens is 647 g/mol. The first-order chi connectivity index (χ1) is 24.0. The molecule has 1 amide bonds. The molecule has 0 aromatic heterocycles. The van der Waals surface area contributed by atoms with Crippen LogP contribution in [0.3, 0.4) is 0 Å². The van der Waals surface area contributed by atoms with E-state index in [1.54, 1.807) is 6.08 Å². The van der Waals surface area contributed by atoms with Crippen LogP contribution in [0.4, 0.5) is 0 Å². The SMILES string of the molecule is CCCCCCC/C=C/CC/C=C/CC/C=C/C(O)C(COP(=O)(O)OCC[N+](C)(C)C)NC(=O)CC/C=C\C/C=C\CCCCCCCC. The Labute approximate surface area is 307 Å². The number of hydrogen-bond donors (Lipinski definition) is 3. The number of amides is 1. The van der Waals surface area contributed by atoms with Gasteiger partial charge < -0.3 is 19.8 Å². The largest absolute Gasteiger partial charge is 0.472 e. The first kappa shape index (κ1) is 48.2. The maximum atomic E-state index is 12.8. The Balaban J connectivity index is 4.71. The Bertz CT molecular complexity index is 1000. The Kier molecular flexibility index (Phi) is 31.9. The summed E-state index contributed by atoms with van der Waals surface area (Å²) in [7, 11) is 1.50. The summed E-state index contributed by atoms with van der Waals surface area (Å²) in [6.45, 7) is 4.68. The van der Waals surface area contributed by atoms with Gasteiger partial charge in [0.25, 0.3) is 0 Å². The number of aliphatic hydroxyl groups excluding tert-OH is 1. The van der Waals surface area contributed by atoms with Crippen LogP contribution in [-0.2, 0) is 18.4 Å². The van der Waals surface area contributed by atoms with E-state index >= 15 is 0 Å². The molecule has 0 rings (SSSR count). The summed E-state index contributed by atoms with van der Waals surface area (Å²) in [5, 5.41) is 13.7. The molecule has 3 unspecified atom stereocenters. The van der Waals surface area contributed by atoms with Crippen molar-refractivity contribution < 1.29 is 32.9 Å². The molecule has 0 aromatic rings. The van der Waals surface area contributed by atoms with Crippen molar-refractivity contribution in [3.63, 3.8) is 0 Å². The first-order valence-electron chi connectivity index (χ1n) is 19.7. The van der Waals surface area contributed by atoms with Gasteiger partial charge >= 0.3 is 7.82 Å². The molecule has 0 fully saturated rings. The van der Waals surface area contributed by atoms with Gasteiger partial charge in [-0.25, -0.2) is 4.57 Å².